The van der Waals surface area contributed by atoms with E-state index in [4.69, 9.17) is 0 Å². The van der Waals surface area contributed by atoms with Crippen LogP contribution in [0.15, 0.2) is 12.2 Å². The molecular formula is C11H15NO3. The maximum absolute atomic E-state index is 11.9. The second-order valence-electron chi connectivity index (χ2n) is 3.98. The number of carbonyl (C=O) groups is 2. The molecule has 0 aliphatic carbocycles. The molecule has 2 heterocycles. The summed E-state index contributed by atoms with van der Waals surface area (Å²) in [5.74, 6) is -1.05. The summed E-state index contributed by atoms with van der Waals surface area (Å²) < 4.78 is 4.63. The minimum Gasteiger partial charge on any atom is -0.468 e. The van der Waals surface area contributed by atoms with Crippen LogP contribution in [0.5, 0.6) is 0 Å². The van der Waals surface area contributed by atoms with Crippen LogP contribution in [0.3, 0.4) is 0 Å². The van der Waals surface area contributed by atoms with Crippen molar-refractivity contribution in [2.45, 2.75) is 25.3 Å². The fourth-order valence-corrected chi connectivity index (χ4v) is 2.26. The Balaban J connectivity index is 2.15. The fourth-order valence-electron chi connectivity index (χ4n) is 2.26. The molecule has 0 aromatic rings. The molecule has 2 aliphatic rings. The zero-order chi connectivity index (χ0) is 10.8. The van der Waals surface area contributed by atoms with Gasteiger partial charge in [-0.3, -0.25) is 9.59 Å². The highest BCUT2D eigenvalue weighted by atomic mass is 16.5. The average Bonchev–Trinajstić information content (AvgIpc) is 2.44. The van der Waals surface area contributed by atoms with Gasteiger partial charge in [-0.1, -0.05) is 12.2 Å². The third kappa shape index (κ3) is 1.76. The van der Waals surface area contributed by atoms with Crippen LogP contribution < -0.4 is 0 Å². The number of amides is 1. The van der Waals surface area contributed by atoms with Crippen LogP contribution in [-0.4, -0.2) is 36.5 Å². The summed E-state index contributed by atoms with van der Waals surface area (Å²) in [4.78, 5) is 25.0. The van der Waals surface area contributed by atoms with Gasteiger partial charge in [-0.15, -0.1) is 0 Å². The number of esters is 1. The SMILES string of the molecule is COC(=O)C1C[C@@H]2C=CCCCN2C1=O. The normalized spacial score (nSPS) is 29.9. The molecule has 15 heavy (non-hydrogen) atoms. The highest BCUT2D eigenvalue weighted by Gasteiger charge is 2.42. The first-order chi connectivity index (χ1) is 7.24. The molecule has 0 spiro atoms. The maximum atomic E-state index is 11.9. The predicted octanol–water partition coefficient (Wildman–Crippen LogP) is 0.726. The molecule has 1 unspecified atom stereocenters. The van der Waals surface area contributed by atoms with Crippen LogP contribution in [0.1, 0.15) is 19.3 Å². The second-order valence-corrected chi connectivity index (χ2v) is 3.98. The Labute approximate surface area is 88.9 Å². The first-order valence-electron chi connectivity index (χ1n) is 5.29. The predicted molar refractivity (Wildman–Crippen MR) is 54.0 cm³/mol. The number of carbonyl (C=O) groups excluding carboxylic acids is 2. The van der Waals surface area contributed by atoms with Gasteiger partial charge >= 0.3 is 5.97 Å². The molecule has 2 atom stereocenters. The van der Waals surface area contributed by atoms with E-state index in [1.165, 1.54) is 7.11 Å². The molecule has 0 aromatic heterocycles. The van der Waals surface area contributed by atoms with Crippen molar-refractivity contribution in [3.05, 3.63) is 12.2 Å². The van der Waals surface area contributed by atoms with Crippen LogP contribution in [0.4, 0.5) is 0 Å². The lowest BCUT2D eigenvalue weighted by Crippen LogP contribution is -2.34. The van der Waals surface area contributed by atoms with Crippen molar-refractivity contribution in [3.63, 3.8) is 0 Å². The van der Waals surface area contributed by atoms with Gasteiger partial charge in [0.15, 0.2) is 0 Å². The Kier molecular flexibility index (Phi) is 2.75. The van der Waals surface area contributed by atoms with E-state index in [0.29, 0.717) is 6.42 Å². The van der Waals surface area contributed by atoms with Crippen molar-refractivity contribution < 1.29 is 14.3 Å². The molecule has 0 aromatic carbocycles. The minimum absolute atomic E-state index is 0.0709. The van der Waals surface area contributed by atoms with Crippen LogP contribution in [0.25, 0.3) is 0 Å². The summed E-state index contributed by atoms with van der Waals surface area (Å²) in [6.07, 6.45) is 6.70. The number of hydrogen-bond acceptors (Lipinski definition) is 3. The van der Waals surface area contributed by atoms with Crippen LogP contribution in [-0.2, 0) is 14.3 Å². The van der Waals surface area contributed by atoms with Gasteiger partial charge in [0, 0.05) is 6.54 Å². The Bertz CT molecular complexity index is 311. The van der Waals surface area contributed by atoms with E-state index in [0.717, 1.165) is 19.4 Å². The van der Waals surface area contributed by atoms with Crippen molar-refractivity contribution in [2.75, 3.05) is 13.7 Å². The number of rotatable bonds is 1. The second kappa shape index (κ2) is 4.04. The third-order valence-corrected chi connectivity index (χ3v) is 3.07. The van der Waals surface area contributed by atoms with Crippen molar-refractivity contribution in [3.8, 4) is 0 Å². The van der Waals surface area contributed by atoms with Crippen molar-refractivity contribution in [2.24, 2.45) is 5.92 Å². The van der Waals surface area contributed by atoms with E-state index in [2.05, 4.69) is 10.8 Å². The number of hydrogen-bond donors (Lipinski definition) is 0. The van der Waals surface area contributed by atoms with Crippen molar-refractivity contribution in [1.29, 1.82) is 0 Å². The van der Waals surface area contributed by atoms with E-state index in [-0.39, 0.29) is 11.9 Å². The van der Waals surface area contributed by atoms with Gasteiger partial charge in [-0.2, -0.15) is 0 Å². The molecule has 2 rings (SSSR count). The molecule has 1 fully saturated rings. The van der Waals surface area contributed by atoms with E-state index in [1.54, 1.807) is 4.90 Å². The summed E-state index contributed by atoms with van der Waals surface area (Å²) in [5, 5.41) is 0. The van der Waals surface area contributed by atoms with Crippen molar-refractivity contribution in [1.82, 2.24) is 4.90 Å². The molecule has 4 nitrogen and oxygen atoms in total. The molecule has 1 saturated heterocycles. The summed E-state index contributed by atoms with van der Waals surface area (Å²) in [5.41, 5.74) is 0. The summed E-state index contributed by atoms with van der Waals surface area (Å²) in [6, 6.07) is 0.101. The summed E-state index contributed by atoms with van der Waals surface area (Å²) >= 11 is 0. The topological polar surface area (TPSA) is 46.6 Å². The standard InChI is InChI=1S/C11H15NO3/c1-15-11(14)9-7-8-5-3-2-4-6-12(8)10(9)13/h3,5,8-9H,2,4,6-7H2,1H3/t8-,9?/m0/s1. The average molecular weight is 209 g/mol. The number of nitrogens with zero attached hydrogens (tertiary/aromatic N) is 1. The smallest absolute Gasteiger partial charge is 0.318 e. The van der Waals surface area contributed by atoms with Gasteiger partial charge in [0.2, 0.25) is 5.91 Å². The fraction of sp³-hybridized carbons (Fsp3) is 0.636. The largest absolute Gasteiger partial charge is 0.468 e. The first kappa shape index (κ1) is 10.2. The molecule has 0 N–H and O–H groups in total. The van der Waals surface area contributed by atoms with E-state index in [9.17, 15) is 9.59 Å². The zero-order valence-electron chi connectivity index (χ0n) is 8.81. The molecule has 0 bridgehead atoms. The van der Waals surface area contributed by atoms with Crippen LogP contribution in [0.2, 0.25) is 0 Å². The quantitative estimate of drug-likeness (QED) is 0.363. The van der Waals surface area contributed by atoms with Gasteiger partial charge in [0.25, 0.3) is 0 Å². The van der Waals surface area contributed by atoms with Crippen LogP contribution >= 0.6 is 0 Å². The lowest BCUT2D eigenvalue weighted by atomic mass is 10.1. The molecule has 2 aliphatic heterocycles. The molecule has 4 heteroatoms. The molecule has 0 saturated carbocycles. The number of methoxy groups -OCH3 is 1. The molecule has 82 valence electrons. The molecule has 1 amide bonds. The van der Waals surface area contributed by atoms with Crippen LogP contribution in [0, 0.1) is 5.92 Å². The summed E-state index contributed by atoms with van der Waals surface area (Å²) in [7, 11) is 1.33. The zero-order valence-corrected chi connectivity index (χ0v) is 8.81. The van der Waals surface area contributed by atoms with Gasteiger partial charge in [-0.25, -0.2) is 0 Å². The Morgan fingerprint density at radius 2 is 2.40 bits per heavy atom. The minimum atomic E-state index is -0.581. The maximum Gasteiger partial charge on any atom is 0.318 e. The van der Waals surface area contributed by atoms with E-state index >= 15 is 0 Å². The van der Waals surface area contributed by atoms with Gasteiger partial charge < -0.3 is 9.64 Å². The highest BCUT2D eigenvalue weighted by Crippen LogP contribution is 2.28. The lowest BCUT2D eigenvalue weighted by Gasteiger charge is -2.19. The molecule has 0 radical (unpaired) electrons. The number of ether oxygens (including phenoxy) is 1. The Morgan fingerprint density at radius 1 is 1.60 bits per heavy atom. The Hall–Kier alpha value is -1.32. The van der Waals surface area contributed by atoms with Crippen molar-refractivity contribution >= 4 is 11.9 Å². The number of fused-ring (bicyclic) bond motifs is 1. The van der Waals surface area contributed by atoms with E-state index < -0.39 is 11.9 Å². The molecular weight excluding hydrogens is 194 g/mol. The number of allylic oxidation sites excluding steroid dienone is 1. The summed E-state index contributed by atoms with van der Waals surface area (Å²) in [6.45, 7) is 0.754. The Morgan fingerprint density at radius 3 is 3.13 bits per heavy atom. The van der Waals surface area contributed by atoms with E-state index in [1.807, 2.05) is 6.08 Å². The van der Waals surface area contributed by atoms with Gasteiger partial charge in [-0.05, 0) is 19.3 Å². The van der Waals surface area contributed by atoms with Gasteiger partial charge in [0.1, 0.15) is 5.92 Å². The highest BCUT2D eigenvalue weighted by molar-refractivity contribution is 5.99. The first-order valence-corrected chi connectivity index (χ1v) is 5.29. The monoisotopic (exact) mass is 209 g/mol. The third-order valence-electron chi connectivity index (χ3n) is 3.07. The lowest BCUT2D eigenvalue weighted by molar-refractivity contribution is -0.150. The van der Waals surface area contributed by atoms with Gasteiger partial charge in [0.05, 0.1) is 13.2 Å².